The van der Waals surface area contributed by atoms with Crippen LogP contribution in [0, 0.1) is 11.7 Å². The van der Waals surface area contributed by atoms with E-state index in [2.05, 4.69) is 0 Å². The molecule has 3 heterocycles. The Morgan fingerprint density at radius 3 is 2.15 bits per heavy atom. The topological polar surface area (TPSA) is 132 Å². The zero-order chi connectivity index (χ0) is 33.7. The Morgan fingerprint density at radius 2 is 1.60 bits per heavy atom. The summed E-state index contributed by atoms with van der Waals surface area (Å²) >= 11 is 0. The molecule has 7 rings (SSSR count). The highest BCUT2D eigenvalue weighted by atomic mass is 19.1. The van der Waals surface area contributed by atoms with E-state index in [1.165, 1.54) is 27.7 Å². The molecule has 3 aliphatic rings. The minimum atomic E-state index is -1.64. The van der Waals surface area contributed by atoms with Gasteiger partial charge < -0.3 is 15.6 Å². The monoisotopic (exact) mass is 637 g/mol. The Kier molecular flexibility index (Phi) is 7.99. The van der Waals surface area contributed by atoms with E-state index in [1.54, 1.807) is 75.4 Å². The lowest BCUT2D eigenvalue weighted by Gasteiger charge is -2.51. The number of benzene rings is 3. The molecule has 2 aliphatic heterocycles. The third-order valence-electron chi connectivity index (χ3n) is 9.01. The van der Waals surface area contributed by atoms with Crippen molar-refractivity contribution in [1.82, 2.24) is 4.57 Å². The summed E-state index contributed by atoms with van der Waals surface area (Å²) in [6, 6.07) is 21.9. The minimum absolute atomic E-state index is 0.0119. The van der Waals surface area contributed by atoms with Gasteiger partial charge in [0.05, 0.1) is 22.7 Å². The lowest BCUT2D eigenvalue weighted by Crippen LogP contribution is -2.68. The molecule has 3 aromatic carbocycles. The number of aromatic nitrogens is 1. The van der Waals surface area contributed by atoms with Crippen LogP contribution in [0.2, 0.25) is 0 Å². The van der Waals surface area contributed by atoms with E-state index < -0.39 is 46.4 Å². The quantitative estimate of drug-likeness (QED) is 0.207. The van der Waals surface area contributed by atoms with Crippen LogP contribution in [0.3, 0.4) is 0 Å². The van der Waals surface area contributed by atoms with Crippen molar-refractivity contribution in [2.24, 2.45) is 5.92 Å². The van der Waals surface area contributed by atoms with Gasteiger partial charge in [0.15, 0.2) is 11.4 Å². The summed E-state index contributed by atoms with van der Waals surface area (Å²) in [5.74, 6) is -2.79. The number of anilines is 2. The van der Waals surface area contributed by atoms with Crippen molar-refractivity contribution in [1.29, 1.82) is 0 Å². The van der Waals surface area contributed by atoms with Gasteiger partial charge in [0, 0.05) is 11.1 Å². The fraction of sp³-hybridized carbons (Fsp3) is 0.297. The molecular weight excluding hydrogens is 601 g/mol. The number of nitrogens with two attached hydrogens (primary N) is 1. The first-order chi connectivity index (χ1) is 22.3. The number of carbonyl (C=O) groups is 3. The van der Waals surface area contributed by atoms with Gasteiger partial charge in [0.1, 0.15) is 17.2 Å². The lowest BCUT2D eigenvalue weighted by molar-refractivity contribution is -0.140. The van der Waals surface area contributed by atoms with Gasteiger partial charge in [-0.05, 0) is 87.6 Å². The van der Waals surface area contributed by atoms with Gasteiger partial charge in [-0.2, -0.15) is 0 Å². The predicted molar refractivity (Wildman–Crippen MR) is 175 cm³/mol. The Morgan fingerprint density at radius 1 is 0.979 bits per heavy atom. The molecule has 0 spiro atoms. The van der Waals surface area contributed by atoms with Gasteiger partial charge >= 0.3 is 12.1 Å². The van der Waals surface area contributed by atoms with Gasteiger partial charge in [-0.3, -0.25) is 19.0 Å². The first-order valence-corrected chi connectivity index (χ1v) is 15.6. The number of pyridine rings is 1. The van der Waals surface area contributed by atoms with Crippen LogP contribution in [0.4, 0.5) is 20.7 Å². The molecule has 47 heavy (non-hydrogen) atoms. The number of aliphatic carboxylic acids is 1. The first-order valence-electron chi connectivity index (χ1n) is 15.6. The third-order valence-corrected chi connectivity index (χ3v) is 9.01. The van der Waals surface area contributed by atoms with E-state index in [1.807, 2.05) is 0 Å². The van der Waals surface area contributed by atoms with Crippen molar-refractivity contribution < 1.29 is 28.6 Å². The summed E-state index contributed by atoms with van der Waals surface area (Å²) in [6.07, 6.45) is 2.84. The highest BCUT2D eigenvalue weighted by molar-refractivity contribution is 6.12. The molecule has 1 aliphatic carbocycles. The second-order valence-electron chi connectivity index (χ2n) is 13.1. The van der Waals surface area contributed by atoms with Gasteiger partial charge in [-0.1, -0.05) is 55.3 Å². The summed E-state index contributed by atoms with van der Waals surface area (Å²) in [4.78, 5) is 55.3. The highest BCUT2D eigenvalue weighted by Crippen LogP contribution is 2.47. The number of ether oxygens (including phenoxy) is 1. The number of fused-ring (bicyclic) bond motifs is 2. The molecule has 2 unspecified atom stereocenters. The molecule has 3 N–H and O–H groups in total. The molecule has 2 bridgehead atoms. The zero-order valence-corrected chi connectivity index (χ0v) is 26.4. The van der Waals surface area contributed by atoms with E-state index in [9.17, 15) is 28.7 Å². The molecule has 4 aromatic rings. The molecular formula is C37H36FN3O6. The summed E-state index contributed by atoms with van der Waals surface area (Å²) in [7, 11) is 0. The van der Waals surface area contributed by atoms with Crippen molar-refractivity contribution in [2.75, 3.05) is 10.6 Å². The van der Waals surface area contributed by atoms with Crippen molar-refractivity contribution in [3.05, 3.63) is 129 Å². The van der Waals surface area contributed by atoms with Crippen LogP contribution >= 0.6 is 0 Å². The molecule has 1 saturated carbocycles. The average molecular weight is 638 g/mol. The smallest absolute Gasteiger partial charge is 0.417 e. The number of ketones is 1. The number of nitrogens with zero attached hydrogens (tertiary/aromatic N) is 2. The van der Waals surface area contributed by atoms with E-state index in [0.717, 1.165) is 37.8 Å². The Labute approximate surface area is 271 Å². The zero-order valence-electron chi connectivity index (χ0n) is 26.4. The number of carbonyl (C=O) groups excluding carboxylic acids is 2. The molecule has 1 aromatic heterocycles. The summed E-state index contributed by atoms with van der Waals surface area (Å²) in [5, 5.41) is 10.1. The van der Waals surface area contributed by atoms with Crippen LogP contribution in [0.1, 0.15) is 85.0 Å². The number of rotatable bonds is 8. The maximum absolute atomic E-state index is 14.3. The van der Waals surface area contributed by atoms with Crippen LogP contribution in [-0.4, -0.2) is 33.1 Å². The first kappa shape index (κ1) is 31.7. The van der Waals surface area contributed by atoms with Crippen LogP contribution in [0.15, 0.2) is 89.7 Å². The van der Waals surface area contributed by atoms with Gasteiger partial charge in [-0.15, -0.1) is 0 Å². The fourth-order valence-electron chi connectivity index (χ4n) is 6.98. The van der Waals surface area contributed by atoms with Crippen LogP contribution in [0.25, 0.3) is 0 Å². The average Bonchev–Trinajstić information content (AvgIpc) is 3.55. The van der Waals surface area contributed by atoms with E-state index >= 15 is 0 Å². The van der Waals surface area contributed by atoms with Crippen LogP contribution in [-0.2, 0) is 15.2 Å². The number of halogens is 1. The number of carboxylic acids is 1. The molecule has 9 nitrogen and oxygen atoms in total. The van der Waals surface area contributed by atoms with Crippen LogP contribution < -0.4 is 16.2 Å². The van der Waals surface area contributed by atoms with E-state index in [4.69, 9.17) is 10.5 Å². The van der Waals surface area contributed by atoms with Crippen molar-refractivity contribution in [2.45, 2.75) is 63.6 Å². The maximum Gasteiger partial charge on any atom is 0.417 e. The van der Waals surface area contributed by atoms with Gasteiger partial charge in [-0.25, -0.2) is 14.1 Å². The second-order valence-corrected chi connectivity index (χ2v) is 13.1. The molecule has 242 valence electrons. The summed E-state index contributed by atoms with van der Waals surface area (Å²) in [5.41, 5.74) is 5.32. The molecule has 1 amide bonds. The second kappa shape index (κ2) is 11.8. The highest BCUT2D eigenvalue weighted by Gasteiger charge is 2.57. The van der Waals surface area contributed by atoms with Crippen molar-refractivity contribution >= 4 is 29.4 Å². The Bertz CT molecular complexity index is 1910. The molecule has 2 atom stereocenters. The number of nitrogen functional groups attached to an aromatic ring is 1. The number of hydrogen-bond donors (Lipinski definition) is 2. The van der Waals surface area contributed by atoms with Gasteiger partial charge in [0.25, 0.3) is 5.56 Å². The summed E-state index contributed by atoms with van der Waals surface area (Å²) in [6.45, 7) is 5.17. The Hall–Kier alpha value is -5.25. The van der Waals surface area contributed by atoms with E-state index in [-0.39, 0.29) is 28.4 Å². The molecule has 0 saturated heterocycles. The Balaban J connectivity index is 1.53. The number of carboxylic acid groups (broad SMARTS) is 1. The maximum atomic E-state index is 14.3. The largest absolute Gasteiger partial charge is 0.481 e. The minimum Gasteiger partial charge on any atom is -0.481 e. The fourth-order valence-corrected chi connectivity index (χ4v) is 6.98. The molecule has 10 heteroatoms. The molecule has 0 radical (unpaired) electrons. The van der Waals surface area contributed by atoms with E-state index in [0.29, 0.717) is 16.8 Å². The standard InChI is InChI=1S/C37H36FN3O6/c1-36(2,3)47-35(46)40(27-19-15-23(16-20-27)30(34(44)45)22-9-7-8-10-22)37(25-11-5-4-6-12-25)29-21-28(32(39)41(37)33(29)43)31(42)24-13-17-26(38)18-14-24/h4-6,11-22,30H,7-10,39H2,1-3H3,(H,44,45). The van der Waals surface area contributed by atoms with Crippen molar-refractivity contribution in [3.63, 3.8) is 0 Å². The lowest BCUT2D eigenvalue weighted by atomic mass is 9.81. The number of amides is 1. The van der Waals surface area contributed by atoms with Crippen LogP contribution in [0.5, 0.6) is 0 Å². The normalized spacial score (nSPS) is 17.9. The summed E-state index contributed by atoms with van der Waals surface area (Å²) < 4.78 is 20.7. The predicted octanol–water partition coefficient (Wildman–Crippen LogP) is 6.66. The molecule has 1 fully saturated rings. The van der Waals surface area contributed by atoms with Crippen molar-refractivity contribution in [3.8, 4) is 0 Å². The van der Waals surface area contributed by atoms with Gasteiger partial charge in [0.2, 0.25) is 0 Å². The SMILES string of the molecule is CC(C)(C)OC(=O)N(c1ccc(C(C(=O)O)C2CCCC2)cc1)C1(c2ccccc2)c2cc(C(=O)c3ccc(F)cc3)c(N)n1c2=O. The number of hydrogen-bond acceptors (Lipinski definition) is 6. The third kappa shape index (κ3) is 5.37.